The summed E-state index contributed by atoms with van der Waals surface area (Å²) in [6.07, 6.45) is -3.30. The fourth-order valence-electron chi connectivity index (χ4n) is 1.51. The molecule has 0 spiro atoms. The van der Waals surface area contributed by atoms with Crippen molar-refractivity contribution in [2.24, 2.45) is 0 Å². The average molecular weight is 269 g/mol. The van der Waals surface area contributed by atoms with E-state index < -0.39 is 24.1 Å². The molecule has 0 aliphatic rings. The summed E-state index contributed by atoms with van der Waals surface area (Å²) in [4.78, 5) is 22.4. The second kappa shape index (κ2) is 6.17. The van der Waals surface area contributed by atoms with Crippen LogP contribution in [0.1, 0.15) is 22.0 Å². The van der Waals surface area contributed by atoms with Crippen molar-refractivity contribution in [3.63, 3.8) is 0 Å². The van der Waals surface area contributed by atoms with Gasteiger partial charge in [-0.25, -0.2) is 9.59 Å². The normalized spacial score (nSPS) is 13.5. The molecule has 0 amide bonds. The lowest BCUT2D eigenvalue weighted by Crippen LogP contribution is -2.29. The number of carbonyl (C=O) groups excluding carboxylic acids is 2. The predicted octanol–water partition coefficient (Wildman–Crippen LogP) is -0.377. The molecule has 7 heteroatoms. The molecule has 0 radical (unpaired) electrons. The van der Waals surface area contributed by atoms with Gasteiger partial charge in [0.05, 0.1) is 19.8 Å². The van der Waals surface area contributed by atoms with Gasteiger partial charge in [-0.2, -0.15) is 0 Å². The number of anilines is 1. The Hall–Kier alpha value is -2.12. The first-order chi connectivity index (χ1) is 8.92. The molecule has 0 aromatic heterocycles. The molecule has 4 N–H and O–H groups in total. The van der Waals surface area contributed by atoms with Crippen molar-refractivity contribution in [1.29, 1.82) is 0 Å². The summed E-state index contributed by atoms with van der Waals surface area (Å²) in [5, 5.41) is 19.3. The van der Waals surface area contributed by atoms with Crippen molar-refractivity contribution in [3.8, 4) is 0 Å². The Morgan fingerprint density at radius 2 is 1.84 bits per heavy atom. The number of hydrogen-bond donors (Lipinski definition) is 3. The molecule has 7 nitrogen and oxygen atoms in total. The maximum atomic E-state index is 11.3. The van der Waals surface area contributed by atoms with Crippen LogP contribution >= 0.6 is 0 Å². The molecule has 1 aromatic carbocycles. The number of nitrogens with two attached hydrogens (primary N) is 1. The fourth-order valence-corrected chi connectivity index (χ4v) is 1.51. The highest BCUT2D eigenvalue weighted by molar-refractivity contribution is 5.90. The second-order valence-corrected chi connectivity index (χ2v) is 3.75. The summed E-state index contributed by atoms with van der Waals surface area (Å²) < 4.78 is 8.82. The van der Waals surface area contributed by atoms with Gasteiger partial charge < -0.3 is 25.4 Å². The highest BCUT2D eigenvalue weighted by Crippen LogP contribution is 2.25. The molecular formula is C12H15NO6. The summed E-state index contributed by atoms with van der Waals surface area (Å²) in [5.41, 5.74) is 6.03. The molecule has 0 bridgehead atoms. The van der Waals surface area contributed by atoms with Crippen LogP contribution in [0.4, 0.5) is 5.69 Å². The Morgan fingerprint density at radius 3 is 2.32 bits per heavy atom. The van der Waals surface area contributed by atoms with Crippen molar-refractivity contribution >= 4 is 17.6 Å². The largest absolute Gasteiger partial charge is 0.467 e. The number of nitrogen functional groups attached to an aromatic ring is 1. The minimum atomic E-state index is -1.75. The first-order valence-corrected chi connectivity index (χ1v) is 5.34. The molecule has 0 saturated carbocycles. The van der Waals surface area contributed by atoms with E-state index in [1.165, 1.54) is 25.3 Å². The Bertz CT molecular complexity index is 487. The van der Waals surface area contributed by atoms with E-state index in [2.05, 4.69) is 9.47 Å². The first-order valence-electron chi connectivity index (χ1n) is 5.34. The van der Waals surface area contributed by atoms with E-state index in [1.54, 1.807) is 0 Å². The van der Waals surface area contributed by atoms with E-state index in [9.17, 15) is 19.8 Å². The van der Waals surface area contributed by atoms with Gasteiger partial charge in [-0.15, -0.1) is 0 Å². The number of hydrogen-bond acceptors (Lipinski definition) is 7. The van der Waals surface area contributed by atoms with Gasteiger partial charge in [0.1, 0.15) is 6.10 Å². The highest BCUT2D eigenvalue weighted by atomic mass is 16.5. The summed E-state index contributed by atoms with van der Waals surface area (Å²) >= 11 is 0. The molecule has 19 heavy (non-hydrogen) atoms. The standard InChI is InChI=1S/C12H15NO6/c1-18-11(16)6-3-4-7(8(13)5-6)9(14)10(15)12(17)19-2/h3-5,9-10,14-15H,13H2,1-2H3. The number of benzene rings is 1. The van der Waals surface area contributed by atoms with E-state index in [1.807, 2.05) is 0 Å². The van der Waals surface area contributed by atoms with Gasteiger partial charge in [0.15, 0.2) is 6.10 Å². The van der Waals surface area contributed by atoms with Gasteiger partial charge in [0.25, 0.3) is 0 Å². The lowest BCUT2D eigenvalue weighted by molar-refractivity contribution is -0.156. The number of aliphatic hydroxyl groups excluding tert-OH is 2. The Labute approximate surface area is 109 Å². The van der Waals surface area contributed by atoms with Crippen LogP contribution in [0.25, 0.3) is 0 Å². The number of rotatable bonds is 4. The maximum Gasteiger partial charge on any atom is 0.337 e. The van der Waals surface area contributed by atoms with Gasteiger partial charge in [0, 0.05) is 11.3 Å². The highest BCUT2D eigenvalue weighted by Gasteiger charge is 2.28. The number of esters is 2. The van der Waals surface area contributed by atoms with Crippen LogP contribution in [0.2, 0.25) is 0 Å². The average Bonchev–Trinajstić information content (AvgIpc) is 2.43. The maximum absolute atomic E-state index is 11.3. The van der Waals surface area contributed by atoms with Gasteiger partial charge in [0.2, 0.25) is 0 Å². The second-order valence-electron chi connectivity index (χ2n) is 3.75. The van der Waals surface area contributed by atoms with Crippen LogP contribution in [0.15, 0.2) is 18.2 Å². The van der Waals surface area contributed by atoms with Crippen LogP contribution in [-0.2, 0) is 14.3 Å². The van der Waals surface area contributed by atoms with Crippen LogP contribution in [0, 0.1) is 0 Å². The quantitative estimate of drug-likeness (QED) is 0.503. The molecule has 0 aliphatic carbocycles. The number of methoxy groups -OCH3 is 2. The molecule has 0 saturated heterocycles. The first kappa shape index (κ1) is 14.9. The molecule has 1 aromatic rings. The molecule has 2 unspecified atom stereocenters. The zero-order chi connectivity index (χ0) is 14.6. The van der Waals surface area contributed by atoms with E-state index in [0.29, 0.717) is 0 Å². The van der Waals surface area contributed by atoms with Crippen molar-refractivity contribution in [2.75, 3.05) is 20.0 Å². The van der Waals surface area contributed by atoms with Gasteiger partial charge in [-0.05, 0) is 12.1 Å². The topological polar surface area (TPSA) is 119 Å². The molecule has 1 rings (SSSR count). The lowest BCUT2D eigenvalue weighted by atomic mass is 10.0. The SMILES string of the molecule is COC(=O)c1ccc(C(O)C(O)C(=O)OC)c(N)c1. The zero-order valence-electron chi connectivity index (χ0n) is 10.5. The van der Waals surface area contributed by atoms with E-state index in [-0.39, 0.29) is 16.8 Å². The van der Waals surface area contributed by atoms with Crippen LogP contribution < -0.4 is 5.73 Å². The summed E-state index contributed by atoms with van der Waals surface area (Å²) in [5.74, 6) is -1.56. The molecule has 2 atom stereocenters. The summed E-state index contributed by atoms with van der Waals surface area (Å²) in [6, 6.07) is 3.98. The van der Waals surface area contributed by atoms with Crippen molar-refractivity contribution < 1.29 is 29.3 Å². The Morgan fingerprint density at radius 1 is 1.21 bits per heavy atom. The third-order valence-corrected chi connectivity index (χ3v) is 2.57. The van der Waals surface area contributed by atoms with Gasteiger partial charge in [-0.3, -0.25) is 0 Å². The third kappa shape index (κ3) is 3.21. The minimum Gasteiger partial charge on any atom is -0.467 e. The van der Waals surface area contributed by atoms with Crippen LogP contribution in [-0.4, -0.2) is 42.5 Å². The Balaban J connectivity index is 3.02. The number of aliphatic hydroxyl groups is 2. The minimum absolute atomic E-state index is 0.0540. The van der Waals surface area contributed by atoms with E-state index in [4.69, 9.17) is 5.73 Å². The van der Waals surface area contributed by atoms with E-state index in [0.717, 1.165) is 7.11 Å². The van der Waals surface area contributed by atoms with Crippen LogP contribution in [0.5, 0.6) is 0 Å². The van der Waals surface area contributed by atoms with Crippen molar-refractivity contribution in [2.45, 2.75) is 12.2 Å². The van der Waals surface area contributed by atoms with Gasteiger partial charge >= 0.3 is 11.9 Å². The smallest absolute Gasteiger partial charge is 0.337 e. The molecule has 0 heterocycles. The molecular weight excluding hydrogens is 254 g/mol. The lowest BCUT2D eigenvalue weighted by Gasteiger charge is -2.18. The molecule has 0 aliphatic heterocycles. The van der Waals surface area contributed by atoms with Crippen molar-refractivity contribution in [1.82, 2.24) is 0 Å². The van der Waals surface area contributed by atoms with Crippen molar-refractivity contribution in [3.05, 3.63) is 29.3 Å². The van der Waals surface area contributed by atoms with Gasteiger partial charge in [-0.1, -0.05) is 6.07 Å². The third-order valence-electron chi connectivity index (χ3n) is 2.57. The van der Waals surface area contributed by atoms with Crippen LogP contribution in [0.3, 0.4) is 0 Å². The summed E-state index contributed by atoms with van der Waals surface area (Å²) in [7, 11) is 2.31. The fraction of sp³-hybridized carbons (Fsp3) is 0.333. The monoisotopic (exact) mass is 269 g/mol. The Kier molecular flexibility index (Phi) is 4.85. The molecule has 104 valence electrons. The molecule has 0 fully saturated rings. The zero-order valence-corrected chi connectivity index (χ0v) is 10.5. The number of carbonyl (C=O) groups is 2. The predicted molar refractivity (Wildman–Crippen MR) is 65.2 cm³/mol. The summed E-state index contributed by atoms with van der Waals surface area (Å²) in [6.45, 7) is 0. The number of ether oxygens (including phenoxy) is 2. The van der Waals surface area contributed by atoms with E-state index >= 15 is 0 Å².